The van der Waals surface area contributed by atoms with Crippen LogP contribution in [0, 0.1) is 0 Å². The molecule has 0 radical (unpaired) electrons. The van der Waals surface area contributed by atoms with Crippen LogP contribution >= 0.6 is 0 Å². The number of carbonyl (C=O) groups is 1. The molecule has 0 saturated carbocycles. The molecular weight excluding hydrogens is 358 g/mol. The van der Waals surface area contributed by atoms with E-state index in [-0.39, 0.29) is 5.75 Å². The van der Waals surface area contributed by atoms with E-state index in [0.717, 1.165) is 5.56 Å². The van der Waals surface area contributed by atoms with Crippen LogP contribution < -0.4 is 15.2 Å². The largest absolute Gasteiger partial charge is 0.508 e. The van der Waals surface area contributed by atoms with Crippen LogP contribution in [-0.4, -0.2) is 24.2 Å². The number of ether oxygens (including phenoxy) is 3. The zero-order chi connectivity index (χ0) is 19.3. The molecule has 1 atom stereocenters. The van der Waals surface area contributed by atoms with Gasteiger partial charge in [-0.1, -0.05) is 18.2 Å². The fourth-order valence-corrected chi connectivity index (χ4v) is 3.91. The number of benzene rings is 3. The van der Waals surface area contributed by atoms with E-state index in [1.165, 1.54) is 6.07 Å². The summed E-state index contributed by atoms with van der Waals surface area (Å²) in [6.07, 6.45) is 0. The van der Waals surface area contributed by atoms with Gasteiger partial charge in [-0.2, -0.15) is 0 Å². The quantitative estimate of drug-likeness (QED) is 0.683. The Morgan fingerprint density at radius 3 is 2.54 bits per heavy atom. The minimum Gasteiger partial charge on any atom is -0.508 e. The smallest absolute Gasteiger partial charge is 0.340 e. The van der Waals surface area contributed by atoms with Gasteiger partial charge >= 0.3 is 5.97 Å². The number of phenols is 1. The molecule has 2 heterocycles. The van der Waals surface area contributed by atoms with Crippen molar-refractivity contribution in [2.45, 2.75) is 5.60 Å². The minimum absolute atomic E-state index is 0.0606. The van der Waals surface area contributed by atoms with Crippen molar-refractivity contribution in [1.29, 1.82) is 0 Å². The normalized spacial score (nSPS) is 18.7. The van der Waals surface area contributed by atoms with Gasteiger partial charge in [0.2, 0.25) is 0 Å². The van der Waals surface area contributed by atoms with Crippen molar-refractivity contribution in [3.8, 4) is 23.0 Å². The third-order valence-corrected chi connectivity index (χ3v) is 5.06. The van der Waals surface area contributed by atoms with Crippen LogP contribution in [0.25, 0.3) is 0 Å². The lowest BCUT2D eigenvalue weighted by molar-refractivity contribution is 0.0224. The highest BCUT2D eigenvalue weighted by Gasteiger charge is 2.53. The first-order valence-electron chi connectivity index (χ1n) is 8.95. The molecule has 0 aliphatic carbocycles. The van der Waals surface area contributed by atoms with E-state index >= 15 is 0 Å². The zero-order valence-electron chi connectivity index (χ0n) is 14.8. The number of esters is 1. The summed E-state index contributed by atoms with van der Waals surface area (Å²) in [6.45, 7) is 0.767. The Morgan fingerprint density at radius 2 is 1.71 bits per heavy atom. The van der Waals surface area contributed by atoms with Gasteiger partial charge in [0.05, 0.1) is 5.56 Å². The van der Waals surface area contributed by atoms with E-state index < -0.39 is 11.6 Å². The van der Waals surface area contributed by atoms with E-state index in [4.69, 9.17) is 19.9 Å². The molecule has 0 aromatic heterocycles. The van der Waals surface area contributed by atoms with Crippen molar-refractivity contribution in [3.63, 3.8) is 0 Å². The predicted molar refractivity (Wildman–Crippen MR) is 101 cm³/mol. The van der Waals surface area contributed by atoms with Crippen LogP contribution in [0.15, 0.2) is 60.7 Å². The Morgan fingerprint density at radius 1 is 0.964 bits per heavy atom. The van der Waals surface area contributed by atoms with Crippen molar-refractivity contribution in [1.82, 2.24) is 0 Å². The topological polar surface area (TPSA) is 91.0 Å². The summed E-state index contributed by atoms with van der Waals surface area (Å²) in [5.41, 5.74) is 6.98. The fraction of sp³-hybridized carbons (Fsp3) is 0.136. The first-order valence-corrected chi connectivity index (χ1v) is 8.95. The van der Waals surface area contributed by atoms with Crippen molar-refractivity contribution in [3.05, 3.63) is 82.9 Å². The van der Waals surface area contributed by atoms with E-state index in [0.29, 0.717) is 47.1 Å². The highest BCUT2D eigenvalue weighted by Crippen LogP contribution is 2.56. The molecule has 1 spiro atoms. The average molecular weight is 375 g/mol. The zero-order valence-corrected chi connectivity index (χ0v) is 14.8. The van der Waals surface area contributed by atoms with Gasteiger partial charge in [0.1, 0.15) is 29.6 Å². The molecule has 1 unspecified atom stereocenters. The van der Waals surface area contributed by atoms with Gasteiger partial charge < -0.3 is 25.1 Å². The van der Waals surface area contributed by atoms with E-state index in [1.807, 2.05) is 18.2 Å². The SMILES string of the molecule is NCCOc1ccc2c(c1)Oc1cc(O)ccc1C21OC(=O)c2ccccc21. The Labute approximate surface area is 161 Å². The molecular formula is C22H17NO5. The number of phenolic OH excluding ortho intramolecular Hbond substituents is 1. The van der Waals surface area contributed by atoms with Crippen molar-refractivity contribution < 1.29 is 24.1 Å². The molecule has 0 amide bonds. The molecule has 3 aromatic carbocycles. The molecule has 0 fully saturated rings. The average Bonchev–Trinajstić information content (AvgIpc) is 2.99. The van der Waals surface area contributed by atoms with Crippen LogP contribution in [0.2, 0.25) is 0 Å². The third kappa shape index (κ3) is 2.21. The van der Waals surface area contributed by atoms with Gasteiger partial charge in [-0.15, -0.1) is 0 Å². The summed E-state index contributed by atoms with van der Waals surface area (Å²) in [5.74, 6) is 1.18. The highest BCUT2D eigenvalue weighted by atomic mass is 16.6. The first kappa shape index (κ1) is 16.6. The summed E-state index contributed by atoms with van der Waals surface area (Å²) < 4.78 is 17.7. The molecule has 140 valence electrons. The van der Waals surface area contributed by atoms with Crippen LogP contribution in [0.3, 0.4) is 0 Å². The molecule has 2 aliphatic rings. The Bertz CT molecular complexity index is 1110. The summed E-state index contributed by atoms with van der Waals surface area (Å²) >= 11 is 0. The molecule has 5 rings (SSSR count). The minimum atomic E-state index is -1.14. The van der Waals surface area contributed by atoms with Crippen LogP contribution in [-0.2, 0) is 10.3 Å². The Kier molecular flexibility index (Phi) is 3.57. The number of carbonyl (C=O) groups excluding carboxylic acids is 1. The maximum absolute atomic E-state index is 12.7. The van der Waals surface area contributed by atoms with Gasteiger partial charge in [0.15, 0.2) is 5.60 Å². The fourth-order valence-electron chi connectivity index (χ4n) is 3.91. The molecule has 3 aromatic rings. The lowest BCUT2D eigenvalue weighted by Crippen LogP contribution is -2.33. The summed E-state index contributed by atoms with van der Waals surface area (Å²) in [4.78, 5) is 12.7. The van der Waals surface area contributed by atoms with Crippen molar-refractivity contribution in [2.75, 3.05) is 13.2 Å². The summed E-state index contributed by atoms with van der Waals surface area (Å²) in [5, 5.41) is 9.96. The predicted octanol–water partition coefficient (Wildman–Crippen LogP) is 3.30. The van der Waals surface area contributed by atoms with Crippen LogP contribution in [0.5, 0.6) is 23.0 Å². The van der Waals surface area contributed by atoms with Crippen molar-refractivity contribution >= 4 is 5.97 Å². The second-order valence-electron chi connectivity index (χ2n) is 6.69. The highest BCUT2D eigenvalue weighted by molar-refractivity contribution is 5.97. The van der Waals surface area contributed by atoms with E-state index in [9.17, 15) is 9.90 Å². The maximum atomic E-state index is 12.7. The molecule has 0 bridgehead atoms. The number of nitrogens with two attached hydrogens (primary N) is 1. The van der Waals surface area contributed by atoms with Gasteiger partial charge in [-0.25, -0.2) is 4.79 Å². The number of hydrogen-bond donors (Lipinski definition) is 2. The lowest BCUT2D eigenvalue weighted by Gasteiger charge is -2.36. The molecule has 2 aliphatic heterocycles. The summed E-state index contributed by atoms with van der Waals surface area (Å²) in [7, 11) is 0. The number of fused-ring (bicyclic) bond motifs is 6. The Hall–Kier alpha value is -3.51. The number of rotatable bonds is 3. The van der Waals surface area contributed by atoms with Gasteiger partial charge in [0.25, 0.3) is 0 Å². The third-order valence-electron chi connectivity index (χ3n) is 5.06. The van der Waals surface area contributed by atoms with Crippen molar-refractivity contribution in [2.24, 2.45) is 5.73 Å². The summed E-state index contributed by atoms with van der Waals surface area (Å²) in [6, 6.07) is 17.5. The molecule has 6 nitrogen and oxygen atoms in total. The second kappa shape index (κ2) is 6.00. The lowest BCUT2D eigenvalue weighted by atomic mass is 9.77. The first-order chi connectivity index (χ1) is 13.6. The maximum Gasteiger partial charge on any atom is 0.340 e. The molecule has 28 heavy (non-hydrogen) atoms. The number of hydrogen-bond acceptors (Lipinski definition) is 6. The van der Waals surface area contributed by atoms with E-state index in [1.54, 1.807) is 36.4 Å². The standard InChI is InChI=1S/C22H17NO5/c23-9-10-26-14-6-8-18-20(12-14)27-19-11-13(24)5-7-17(19)22(18)16-4-2-1-3-15(16)21(25)28-22/h1-8,11-12,24H,9-10,23H2. The monoisotopic (exact) mass is 375 g/mol. The van der Waals surface area contributed by atoms with Gasteiger partial charge in [0, 0.05) is 35.4 Å². The van der Waals surface area contributed by atoms with Gasteiger partial charge in [-0.05, 0) is 30.3 Å². The molecule has 6 heteroatoms. The Balaban J connectivity index is 1.78. The number of aromatic hydroxyl groups is 1. The van der Waals surface area contributed by atoms with Gasteiger partial charge in [-0.3, -0.25) is 0 Å². The van der Waals surface area contributed by atoms with E-state index in [2.05, 4.69) is 0 Å². The molecule has 0 saturated heterocycles. The van der Waals surface area contributed by atoms with Crippen LogP contribution in [0.4, 0.5) is 0 Å². The molecule has 3 N–H and O–H groups in total. The van der Waals surface area contributed by atoms with Crippen LogP contribution in [0.1, 0.15) is 27.0 Å². The second-order valence-corrected chi connectivity index (χ2v) is 6.69.